The van der Waals surface area contributed by atoms with E-state index in [4.69, 9.17) is 11.5 Å². The van der Waals surface area contributed by atoms with E-state index in [2.05, 4.69) is 19.1 Å². The molecule has 2 rings (SSSR count). The van der Waals surface area contributed by atoms with Gasteiger partial charge in [0.15, 0.2) is 0 Å². The Morgan fingerprint density at radius 3 is 2.50 bits per heavy atom. The highest BCUT2D eigenvalue weighted by Gasteiger charge is 2.30. The molecule has 0 amide bonds. The van der Waals surface area contributed by atoms with E-state index in [1.165, 1.54) is 18.4 Å². The molecule has 14 heavy (non-hydrogen) atoms. The number of aryl methyl sites for hydroxylation is 2. The van der Waals surface area contributed by atoms with Crippen molar-refractivity contribution in [1.29, 1.82) is 0 Å². The highest BCUT2D eigenvalue weighted by atomic mass is 14.7. The van der Waals surface area contributed by atoms with E-state index in [9.17, 15) is 0 Å². The highest BCUT2D eigenvalue weighted by molar-refractivity contribution is 5.56. The Labute approximate surface area is 85.3 Å². The van der Waals surface area contributed by atoms with Crippen LogP contribution >= 0.6 is 0 Å². The predicted octanol–water partition coefficient (Wildman–Crippen LogP) is 2.30. The summed E-state index contributed by atoms with van der Waals surface area (Å²) in [6.07, 6.45) is 2.52. The van der Waals surface area contributed by atoms with Crippen molar-refractivity contribution < 1.29 is 0 Å². The molecule has 1 aliphatic rings. The van der Waals surface area contributed by atoms with Gasteiger partial charge in [0.05, 0.1) is 0 Å². The molecule has 76 valence electrons. The first-order valence-electron chi connectivity index (χ1n) is 5.22. The minimum atomic E-state index is 0.147. The molecule has 2 nitrogen and oxygen atoms in total. The van der Waals surface area contributed by atoms with E-state index in [0.717, 1.165) is 16.8 Å². The normalized spacial score (nSPS) is 18.2. The molecule has 0 aliphatic heterocycles. The highest BCUT2D eigenvalue weighted by Crippen LogP contribution is 2.41. The molecule has 0 bridgehead atoms. The average molecular weight is 190 g/mol. The van der Waals surface area contributed by atoms with Crippen molar-refractivity contribution in [2.45, 2.75) is 32.7 Å². The second-order valence-electron chi connectivity index (χ2n) is 4.45. The Balaban J connectivity index is 2.39. The minimum absolute atomic E-state index is 0.147. The van der Waals surface area contributed by atoms with E-state index in [-0.39, 0.29) is 6.04 Å². The number of rotatable bonds is 2. The molecule has 0 spiro atoms. The number of hydrogen-bond donors (Lipinski definition) is 2. The van der Waals surface area contributed by atoms with Gasteiger partial charge in [0.25, 0.3) is 0 Å². The van der Waals surface area contributed by atoms with Crippen molar-refractivity contribution in [3.8, 4) is 0 Å². The molecule has 1 unspecified atom stereocenters. The van der Waals surface area contributed by atoms with Crippen molar-refractivity contribution in [1.82, 2.24) is 0 Å². The number of hydrogen-bond acceptors (Lipinski definition) is 2. The fourth-order valence-corrected chi connectivity index (χ4v) is 2.00. The number of nitrogen functional groups attached to an aromatic ring is 1. The minimum Gasteiger partial charge on any atom is -0.398 e. The average Bonchev–Trinajstić information content (AvgIpc) is 2.93. The summed E-state index contributed by atoms with van der Waals surface area (Å²) in [6, 6.07) is 4.39. The molecule has 0 heterocycles. The Bertz CT molecular complexity index is 354. The van der Waals surface area contributed by atoms with Gasteiger partial charge in [-0.2, -0.15) is 0 Å². The van der Waals surface area contributed by atoms with E-state index in [1.54, 1.807) is 0 Å². The first-order chi connectivity index (χ1) is 6.59. The van der Waals surface area contributed by atoms with Crippen molar-refractivity contribution in [3.05, 3.63) is 28.8 Å². The van der Waals surface area contributed by atoms with Crippen LogP contribution in [0.15, 0.2) is 12.1 Å². The van der Waals surface area contributed by atoms with E-state index in [1.807, 2.05) is 6.92 Å². The van der Waals surface area contributed by atoms with Crippen LogP contribution in [0.1, 0.15) is 35.6 Å². The van der Waals surface area contributed by atoms with Crippen molar-refractivity contribution >= 4 is 5.69 Å². The lowest BCUT2D eigenvalue weighted by Gasteiger charge is -2.16. The van der Waals surface area contributed by atoms with Gasteiger partial charge in [-0.3, -0.25) is 0 Å². The van der Waals surface area contributed by atoms with Crippen molar-refractivity contribution in [2.75, 3.05) is 5.73 Å². The SMILES string of the molecule is Cc1cc(C)c(N)c(C(N)C2CC2)c1. The van der Waals surface area contributed by atoms with Gasteiger partial charge in [-0.25, -0.2) is 0 Å². The van der Waals surface area contributed by atoms with Crippen LogP contribution in [-0.2, 0) is 0 Å². The Morgan fingerprint density at radius 2 is 1.93 bits per heavy atom. The quantitative estimate of drug-likeness (QED) is 0.703. The molecular weight excluding hydrogens is 172 g/mol. The second kappa shape index (κ2) is 3.28. The fraction of sp³-hybridized carbons (Fsp3) is 0.500. The zero-order chi connectivity index (χ0) is 10.3. The zero-order valence-corrected chi connectivity index (χ0v) is 8.88. The Kier molecular flexibility index (Phi) is 2.23. The summed E-state index contributed by atoms with van der Waals surface area (Å²) in [5.41, 5.74) is 16.6. The van der Waals surface area contributed by atoms with Gasteiger partial charge in [-0.1, -0.05) is 17.7 Å². The summed E-state index contributed by atoms with van der Waals surface area (Å²) in [6.45, 7) is 4.14. The van der Waals surface area contributed by atoms with Crippen LogP contribution in [0.2, 0.25) is 0 Å². The van der Waals surface area contributed by atoms with Crippen LogP contribution in [0.25, 0.3) is 0 Å². The van der Waals surface area contributed by atoms with Gasteiger partial charge in [0.2, 0.25) is 0 Å². The van der Waals surface area contributed by atoms with Crippen LogP contribution in [0.4, 0.5) is 5.69 Å². The summed E-state index contributed by atoms with van der Waals surface area (Å²) in [7, 11) is 0. The maximum absolute atomic E-state index is 6.16. The standard InChI is InChI=1S/C12H18N2/c1-7-5-8(2)11(13)10(6-7)12(14)9-3-4-9/h5-6,9,12H,3-4,13-14H2,1-2H3. The molecule has 0 saturated heterocycles. The van der Waals surface area contributed by atoms with Gasteiger partial charge >= 0.3 is 0 Å². The largest absolute Gasteiger partial charge is 0.398 e. The maximum Gasteiger partial charge on any atom is 0.0392 e. The van der Waals surface area contributed by atoms with Crippen molar-refractivity contribution in [2.24, 2.45) is 11.7 Å². The van der Waals surface area contributed by atoms with Crippen LogP contribution in [0, 0.1) is 19.8 Å². The Morgan fingerprint density at radius 1 is 1.29 bits per heavy atom. The summed E-state index contributed by atoms with van der Waals surface area (Å²) < 4.78 is 0. The maximum atomic E-state index is 6.16. The lowest BCUT2D eigenvalue weighted by atomic mass is 9.96. The summed E-state index contributed by atoms with van der Waals surface area (Å²) in [4.78, 5) is 0. The van der Waals surface area contributed by atoms with Gasteiger partial charge in [0, 0.05) is 11.7 Å². The lowest BCUT2D eigenvalue weighted by Crippen LogP contribution is -2.15. The van der Waals surface area contributed by atoms with E-state index < -0.39 is 0 Å². The molecule has 1 aromatic carbocycles. The molecule has 1 fully saturated rings. The van der Waals surface area contributed by atoms with Crippen molar-refractivity contribution in [3.63, 3.8) is 0 Å². The smallest absolute Gasteiger partial charge is 0.0392 e. The monoisotopic (exact) mass is 190 g/mol. The third kappa shape index (κ3) is 1.62. The molecule has 4 N–H and O–H groups in total. The molecular formula is C12H18N2. The molecule has 0 aromatic heterocycles. The van der Waals surface area contributed by atoms with Gasteiger partial charge in [-0.15, -0.1) is 0 Å². The van der Waals surface area contributed by atoms with Crippen LogP contribution < -0.4 is 11.5 Å². The third-order valence-corrected chi connectivity index (χ3v) is 3.05. The Hall–Kier alpha value is -1.02. The predicted molar refractivity (Wildman–Crippen MR) is 60.0 cm³/mol. The van der Waals surface area contributed by atoms with Crippen LogP contribution in [0.5, 0.6) is 0 Å². The van der Waals surface area contributed by atoms with Gasteiger partial charge in [0.1, 0.15) is 0 Å². The molecule has 0 radical (unpaired) electrons. The molecule has 1 aliphatic carbocycles. The van der Waals surface area contributed by atoms with Crippen LogP contribution in [-0.4, -0.2) is 0 Å². The fourth-order valence-electron chi connectivity index (χ4n) is 2.00. The number of nitrogens with two attached hydrogens (primary N) is 2. The lowest BCUT2D eigenvalue weighted by molar-refractivity contribution is 0.634. The summed E-state index contributed by atoms with van der Waals surface area (Å²) in [5.74, 6) is 0.665. The second-order valence-corrected chi connectivity index (χ2v) is 4.45. The molecule has 2 heteroatoms. The number of anilines is 1. The number of benzene rings is 1. The van der Waals surface area contributed by atoms with E-state index >= 15 is 0 Å². The topological polar surface area (TPSA) is 52.0 Å². The first kappa shape index (κ1) is 9.53. The first-order valence-corrected chi connectivity index (χ1v) is 5.22. The summed E-state index contributed by atoms with van der Waals surface area (Å²) in [5, 5.41) is 0. The van der Waals surface area contributed by atoms with Gasteiger partial charge in [-0.05, 0) is 43.7 Å². The third-order valence-electron chi connectivity index (χ3n) is 3.05. The molecule has 1 aromatic rings. The molecule has 1 saturated carbocycles. The van der Waals surface area contributed by atoms with E-state index in [0.29, 0.717) is 5.92 Å². The summed E-state index contributed by atoms with van der Waals surface area (Å²) >= 11 is 0. The molecule has 1 atom stereocenters. The van der Waals surface area contributed by atoms with Gasteiger partial charge < -0.3 is 11.5 Å². The zero-order valence-electron chi connectivity index (χ0n) is 8.88. The van der Waals surface area contributed by atoms with Crippen LogP contribution in [0.3, 0.4) is 0 Å².